The molecule has 0 N–H and O–H groups in total. The van der Waals surface area contributed by atoms with Crippen LogP contribution < -0.4 is 4.74 Å². The SMILES string of the molecule is COc1ccc([C@@H]2CCN(C)C(C)=N2)cc1. The summed E-state index contributed by atoms with van der Waals surface area (Å²) in [4.78, 5) is 6.89. The fraction of sp³-hybridized carbons (Fsp3) is 0.462. The number of hydrogen-bond donors (Lipinski definition) is 0. The summed E-state index contributed by atoms with van der Waals surface area (Å²) in [7, 11) is 3.77. The second-order valence-electron chi connectivity index (χ2n) is 4.18. The van der Waals surface area contributed by atoms with Crippen molar-refractivity contribution >= 4 is 5.84 Å². The number of methoxy groups -OCH3 is 1. The molecule has 0 fully saturated rings. The average molecular weight is 218 g/mol. The Hall–Kier alpha value is -1.51. The summed E-state index contributed by atoms with van der Waals surface area (Å²) in [6, 6.07) is 8.51. The minimum atomic E-state index is 0.308. The topological polar surface area (TPSA) is 24.8 Å². The Morgan fingerprint density at radius 3 is 2.56 bits per heavy atom. The highest BCUT2D eigenvalue weighted by Gasteiger charge is 2.17. The van der Waals surface area contributed by atoms with Crippen molar-refractivity contribution in [1.82, 2.24) is 4.90 Å². The Morgan fingerprint density at radius 2 is 2.00 bits per heavy atom. The number of aliphatic imine (C=N–C) groups is 1. The number of ether oxygens (including phenoxy) is 1. The zero-order chi connectivity index (χ0) is 11.5. The van der Waals surface area contributed by atoms with Gasteiger partial charge in [0.2, 0.25) is 0 Å². The molecule has 1 aliphatic rings. The summed E-state index contributed by atoms with van der Waals surface area (Å²) < 4.78 is 5.15. The molecule has 1 atom stereocenters. The average Bonchev–Trinajstić information content (AvgIpc) is 2.33. The zero-order valence-corrected chi connectivity index (χ0v) is 10.1. The lowest BCUT2D eigenvalue weighted by Gasteiger charge is -2.28. The molecule has 16 heavy (non-hydrogen) atoms. The molecule has 1 aromatic carbocycles. The third kappa shape index (κ3) is 2.18. The molecule has 1 heterocycles. The normalized spacial score (nSPS) is 20.6. The van der Waals surface area contributed by atoms with E-state index in [-0.39, 0.29) is 0 Å². The minimum absolute atomic E-state index is 0.308. The van der Waals surface area contributed by atoms with Crippen molar-refractivity contribution in [2.24, 2.45) is 4.99 Å². The third-order valence-electron chi connectivity index (χ3n) is 3.13. The van der Waals surface area contributed by atoms with E-state index in [2.05, 4.69) is 31.0 Å². The molecule has 0 bridgehead atoms. The summed E-state index contributed by atoms with van der Waals surface area (Å²) in [6.45, 7) is 3.14. The molecule has 3 heteroatoms. The predicted molar refractivity (Wildman–Crippen MR) is 66.1 cm³/mol. The lowest BCUT2D eigenvalue weighted by Crippen LogP contribution is -2.30. The van der Waals surface area contributed by atoms with Gasteiger partial charge in [-0.3, -0.25) is 4.99 Å². The maximum atomic E-state index is 5.15. The van der Waals surface area contributed by atoms with E-state index >= 15 is 0 Å². The van der Waals surface area contributed by atoms with Gasteiger partial charge in [-0.15, -0.1) is 0 Å². The van der Waals surface area contributed by atoms with Crippen LogP contribution in [0.25, 0.3) is 0 Å². The third-order valence-corrected chi connectivity index (χ3v) is 3.13. The van der Waals surface area contributed by atoms with E-state index in [0.29, 0.717) is 6.04 Å². The van der Waals surface area contributed by atoms with Gasteiger partial charge < -0.3 is 9.64 Å². The van der Waals surface area contributed by atoms with Crippen molar-refractivity contribution in [2.45, 2.75) is 19.4 Å². The largest absolute Gasteiger partial charge is 0.497 e. The van der Waals surface area contributed by atoms with Crippen LogP contribution in [0, 0.1) is 0 Å². The summed E-state index contributed by atoms with van der Waals surface area (Å²) in [5.41, 5.74) is 1.27. The van der Waals surface area contributed by atoms with Gasteiger partial charge in [-0.2, -0.15) is 0 Å². The molecule has 86 valence electrons. The van der Waals surface area contributed by atoms with Crippen LogP contribution in [0.15, 0.2) is 29.3 Å². The Balaban J connectivity index is 2.18. The molecule has 0 saturated heterocycles. The van der Waals surface area contributed by atoms with Crippen molar-refractivity contribution in [3.8, 4) is 5.75 Å². The fourth-order valence-corrected chi connectivity index (χ4v) is 1.93. The Morgan fingerprint density at radius 1 is 1.31 bits per heavy atom. The monoisotopic (exact) mass is 218 g/mol. The highest BCUT2D eigenvalue weighted by atomic mass is 16.5. The van der Waals surface area contributed by atoms with E-state index in [1.54, 1.807) is 7.11 Å². The Kier molecular flexibility index (Phi) is 3.13. The van der Waals surface area contributed by atoms with Gasteiger partial charge in [-0.1, -0.05) is 12.1 Å². The van der Waals surface area contributed by atoms with E-state index in [0.717, 1.165) is 24.6 Å². The molecular formula is C13H18N2O. The van der Waals surface area contributed by atoms with Crippen molar-refractivity contribution in [3.63, 3.8) is 0 Å². The minimum Gasteiger partial charge on any atom is -0.497 e. The first-order valence-corrected chi connectivity index (χ1v) is 5.60. The van der Waals surface area contributed by atoms with E-state index in [1.165, 1.54) is 5.56 Å². The molecule has 0 aliphatic carbocycles. The van der Waals surface area contributed by atoms with Crippen LogP contribution in [-0.4, -0.2) is 31.4 Å². The van der Waals surface area contributed by atoms with Crippen LogP contribution in [0.4, 0.5) is 0 Å². The maximum Gasteiger partial charge on any atom is 0.118 e. The van der Waals surface area contributed by atoms with E-state index in [1.807, 2.05) is 12.1 Å². The van der Waals surface area contributed by atoms with E-state index in [9.17, 15) is 0 Å². The van der Waals surface area contributed by atoms with Gasteiger partial charge >= 0.3 is 0 Å². The van der Waals surface area contributed by atoms with Crippen LogP contribution in [0.2, 0.25) is 0 Å². The van der Waals surface area contributed by atoms with Crippen molar-refractivity contribution in [1.29, 1.82) is 0 Å². The molecule has 1 aliphatic heterocycles. The Labute approximate surface area is 96.7 Å². The highest BCUT2D eigenvalue weighted by molar-refractivity contribution is 5.80. The lowest BCUT2D eigenvalue weighted by molar-refractivity contribution is 0.412. The van der Waals surface area contributed by atoms with Gasteiger partial charge in [-0.05, 0) is 31.0 Å². The molecule has 0 spiro atoms. The van der Waals surface area contributed by atoms with Crippen LogP contribution in [0.5, 0.6) is 5.75 Å². The number of benzene rings is 1. The number of rotatable bonds is 2. The molecule has 0 saturated carbocycles. The van der Waals surface area contributed by atoms with Crippen molar-refractivity contribution in [3.05, 3.63) is 29.8 Å². The van der Waals surface area contributed by atoms with Gasteiger partial charge in [0.1, 0.15) is 5.75 Å². The van der Waals surface area contributed by atoms with Crippen molar-refractivity contribution < 1.29 is 4.74 Å². The fourth-order valence-electron chi connectivity index (χ4n) is 1.93. The molecule has 2 rings (SSSR count). The lowest BCUT2D eigenvalue weighted by atomic mass is 10.0. The van der Waals surface area contributed by atoms with Gasteiger partial charge in [0.05, 0.1) is 19.0 Å². The predicted octanol–water partition coefficient (Wildman–Crippen LogP) is 2.49. The first-order chi connectivity index (χ1) is 7.70. The van der Waals surface area contributed by atoms with Crippen LogP contribution in [0.3, 0.4) is 0 Å². The van der Waals surface area contributed by atoms with Crippen LogP contribution in [0.1, 0.15) is 24.9 Å². The summed E-state index contributed by atoms with van der Waals surface area (Å²) >= 11 is 0. The molecule has 0 amide bonds. The van der Waals surface area contributed by atoms with Crippen molar-refractivity contribution in [2.75, 3.05) is 20.7 Å². The number of hydrogen-bond acceptors (Lipinski definition) is 3. The summed E-state index contributed by atoms with van der Waals surface area (Å²) in [6.07, 6.45) is 1.08. The number of amidine groups is 1. The quantitative estimate of drug-likeness (QED) is 0.762. The van der Waals surface area contributed by atoms with Gasteiger partial charge in [0.15, 0.2) is 0 Å². The van der Waals surface area contributed by atoms with Gasteiger partial charge in [0.25, 0.3) is 0 Å². The molecule has 0 radical (unpaired) electrons. The standard InChI is InChI=1S/C13H18N2O/c1-10-14-13(8-9-15(10)2)11-4-6-12(16-3)7-5-11/h4-7,13H,8-9H2,1-3H3/t13-/m0/s1. The maximum absolute atomic E-state index is 5.15. The molecule has 3 nitrogen and oxygen atoms in total. The van der Waals surface area contributed by atoms with Crippen LogP contribution in [-0.2, 0) is 0 Å². The summed E-state index contributed by atoms with van der Waals surface area (Å²) in [5.74, 6) is 2.02. The molecule has 1 aromatic rings. The second kappa shape index (κ2) is 4.56. The van der Waals surface area contributed by atoms with E-state index in [4.69, 9.17) is 9.73 Å². The van der Waals surface area contributed by atoms with Gasteiger partial charge in [-0.25, -0.2) is 0 Å². The first kappa shape index (κ1) is 11.0. The smallest absolute Gasteiger partial charge is 0.118 e. The van der Waals surface area contributed by atoms with Gasteiger partial charge in [0, 0.05) is 13.6 Å². The Bertz CT molecular complexity index is 383. The highest BCUT2D eigenvalue weighted by Crippen LogP contribution is 2.26. The number of nitrogens with zero attached hydrogens (tertiary/aromatic N) is 2. The molecule has 0 unspecified atom stereocenters. The van der Waals surface area contributed by atoms with Crippen LogP contribution >= 0.6 is 0 Å². The molecular weight excluding hydrogens is 200 g/mol. The zero-order valence-electron chi connectivity index (χ0n) is 10.1. The summed E-state index contributed by atoms with van der Waals surface area (Å²) in [5, 5.41) is 0. The molecule has 0 aromatic heterocycles. The van der Waals surface area contributed by atoms with E-state index < -0.39 is 0 Å². The second-order valence-corrected chi connectivity index (χ2v) is 4.18. The first-order valence-electron chi connectivity index (χ1n) is 5.60.